The van der Waals surface area contributed by atoms with Crippen LogP contribution in [0.1, 0.15) is 40.3 Å². The second-order valence-electron chi connectivity index (χ2n) is 6.49. The van der Waals surface area contributed by atoms with Crippen LogP contribution in [0.4, 0.5) is 0 Å². The molecule has 0 radical (unpaired) electrons. The molecule has 0 atom stereocenters. The number of hydrogen-bond acceptors (Lipinski definition) is 6. The van der Waals surface area contributed by atoms with Crippen molar-refractivity contribution < 1.29 is 18.5 Å². The van der Waals surface area contributed by atoms with Crippen LogP contribution in [0.15, 0.2) is 33.5 Å². The van der Waals surface area contributed by atoms with Crippen molar-refractivity contribution >= 4 is 16.9 Å². The van der Waals surface area contributed by atoms with Crippen LogP contribution < -0.4 is 5.32 Å². The van der Waals surface area contributed by atoms with Gasteiger partial charge in [0.25, 0.3) is 5.91 Å². The maximum Gasteiger partial charge on any atom is 0.287 e. The van der Waals surface area contributed by atoms with Crippen LogP contribution in [0.25, 0.3) is 11.0 Å². The number of nitrogens with zero attached hydrogens (tertiary/aromatic N) is 2. The number of nitrogens with one attached hydrogen (secondary N) is 1. The van der Waals surface area contributed by atoms with Crippen molar-refractivity contribution in [3.63, 3.8) is 0 Å². The Kier molecular flexibility index (Phi) is 3.80. The molecule has 1 saturated heterocycles. The fraction of sp³-hybridized carbons (Fsp3) is 0.389. The van der Waals surface area contributed by atoms with Crippen LogP contribution in [0.2, 0.25) is 0 Å². The van der Waals surface area contributed by atoms with Crippen molar-refractivity contribution in [2.24, 2.45) is 0 Å². The largest absolute Gasteiger partial charge is 0.451 e. The number of hydrogen-bond donors (Lipinski definition) is 1. The van der Waals surface area contributed by atoms with Crippen LogP contribution in [-0.2, 0) is 10.3 Å². The zero-order valence-corrected chi connectivity index (χ0v) is 14.2. The molecule has 1 fully saturated rings. The second-order valence-corrected chi connectivity index (χ2v) is 6.49. The van der Waals surface area contributed by atoms with Gasteiger partial charge in [0, 0.05) is 31.4 Å². The second kappa shape index (κ2) is 6.00. The lowest BCUT2D eigenvalue weighted by atomic mass is 9.89. The highest BCUT2D eigenvalue weighted by molar-refractivity contribution is 5.96. The predicted molar refractivity (Wildman–Crippen MR) is 89.2 cm³/mol. The van der Waals surface area contributed by atoms with E-state index in [4.69, 9.17) is 13.7 Å². The number of carbonyl (C=O) groups is 1. The van der Waals surface area contributed by atoms with E-state index >= 15 is 0 Å². The van der Waals surface area contributed by atoms with Crippen molar-refractivity contribution in [1.29, 1.82) is 0 Å². The molecule has 130 valence electrons. The summed E-state index contributed by atoms with van der Waals surface area (Å²) in [6, 6.07) is 5.74. The zero-order chi connectivity index (χ0) is 17.4. The van der Waals surface area contributed by atoms with Crippen molar-refractivity contribution in [3.05, 3.63) is 47.3 Å². The van der Waals surface area contributed by atoms with Gasteiger partial charge in [-0.15, -0.1) is 0 Å². The molecule has 0 spiro atoms. The summed E-state index contributed by atoms with van der Waals surface area (Å²) in [4.78, 5) is 17.0. The van der Waals surface area contributed by atoms with Gasteiger partial charge >= 0.3 is 0 Å². The Labute approximate surface area is 144 Å². The molecule has 25 heavy (non-hydrogen) atoms. The third-order valence-electron chi connectivity index (χ3n) is 4.84. The van der Waals surface area contributed by atoms with E-state index in [2.05, 4.69) is 15.5 Å². The number of fused-ring (bicyclic) bond motifs is 1. The van der Waals surface area contributed by atoms with Gasteiger partial charge in [0.05, 0.1) is 0 Å². The average molecular weight is 341 g/mol. The number of amides is 1. The van der Waals surface area contributed by atoms with Crippen LogP contribution in [-0.4, -0.2) is 29.3 Å². The summed E-state index contributed by atoms with van der Waals surface area (Å²) in [5, 5.41) is 7.89. The summed E-state index contributed by atoms with van der Waals surface area (Å²) >= 11 is 0. The monoisotopic (exact) mass is 341 g/mol. The minimum atomic E-state index is -0.701. The predicted octanol–water partition coefficient (Wildman–Crippen LogP) is 2.87. The first kappa shape index (κ1) is 15.8. The number of aromatic nitrogens is 2. The third-order valence-corrected chi connectivity index (χ3v) is 4.84. The van der Waals surface area contributed by atoms with E-state index in [1.165, 1.54) is 6.39 Å². The summed E-state index contributed by atoms with van der Waals surface area (Å²) in [5.74, 6) is 0.444. The Bertz CT molecular complexity index is 869. The summed E-state index contributed by atoms with van der Waals surface area (Å²) in [6.07, 6.45) is 2.43. The lowest BCUT2D eigenvalue weighted by Crippen LogP contribution is -2.50. The molecule has 2 aromatic heterocycles. The molecular weight excluding hydrogens is 322 g/mol. The van der Waals surface area contributed by atoms with Gasteiger partial charge in [-0.05, 0) is 43.2 Å². The van der Waals surface area contributed by atoms with E-state index < -0.39 is 5.54 Å². The van der Waals surface area contributed by atoms with Gasteiger partial charge in [-0.25, -0.2) is 0 Å². The summed E-state index contributed by atoms with van der Waals surface area (Å²) in [5.41, 5.74) is 2.29. The first-order valence-corrected chi connectivity index (χ1v) is 8.25. The van der Waals surface area contributed by atoms with Crippen molar-refractivity contribution in [2.75, 3.05) is 13.2 Å². The Morgan fingerprint density at radius 3 is 2.64 bits per heavy atom. The molecule has 7 nitrogen and oxygen atoms in total. The van der Waals surface area contributed by atoms with Gasteiger partial charge in [-0.2, -0.15) is 4.98 Å². The van der Waals surface area contributed by atoms with E-state index in [1.54, 1.807) is 6.07 Å². The van der Waals surface area contributed by atoms with Gasteiger partial charge in [-0.1, -0.05) is 5.16 Å². The number of rotatable bonds is 3. The van der Waals surface area contributed by atoms with Crippen molar-refractivity contribution in [3.8, 4) is 0 Å². The average Bonchev–Trinajstić information content (AvgIpc) is 3.26. The molecule has 3 heterocycles. The van der Waals surface area contributed by atoms with E-state index in [1.807, 2.05) is 26.0 Å². The smallest absolute Gasteiger partial charge is 0.287 e. The molecular formula is C18H19N3O4. The van der Waals surface area contributed by atoms with Crippen LogP contribution in [0.5, 0.6) is 0 Å². The number of ether oxygens (including phenoxy) is 1. The van der Waals surface area contributed by atoms with Crippen LogP contribution in [0, 0.1) is 13.8 Å². The maximum atomic E-state index is 12.8. The molecule has 1 N–H and O–H groups in total. The number of aryl methyl sites for hydroxylation is 2. The maximum absolute atomic E-state index is 12.8. The number of benzene rings is 1. The SMILES string of the molecule is Cc1cc2cc(C(=O)NC3(c4ncon4)CCOCC3)oc2cc1C. The molecule has 1 aliphatic rings. The molecule has 0 saturated carbocycles. The van der Waals surface area contributed by atoms with Crippen molar-refractivity contribution in [2.45, 2.75) is 32.2 Å². The summed E-state index contributed by atoms with van der Waals surface area (Å²) in [7, 11) is 0. The molecule has 3 aromatic rings. The lowest BCUT2D eigenvalue weighted by molar-refractivity contribution is 0.0299. The fourth-order valence-electron chi connectivity index (χ4n) is 3.20. The molecule has 1 aliphatic heterocycles. The molecule has 0 unspecified atom stereocenters. The van der Waals surface area contributed by atoms with Gasteiger partial charge < -0.3 is 19.0 Å². The van der Waals surface area contributed by atoms with E-state index in [-0.39, 0.29) is 11.7 Å². The fourth-order valence-corrected chi connectivity index (χ4v) is 3.20. The van der Waals surface area contributed by atoms with Crippen LogP contribution >= 0.6 is 0 Å². The van der Waals surface area contributed by atoms with E-state index in [0.717, 1.165) is 16.5 Å². The quantitative estimate of drug-likeness (QED) is 0.788. The topological polar surface area (TPSA) is 90.4 Å². The van der Waals surface area contributed by atoms with E-state index in [0.29, 0.717) is 37.5 Å². The van der Waals surface area contributed by atoms with Crippen molar-refractivity contribution in [1.82, 2.24) is 15.5 Å². The highest BCUT2D eigenvalue weighted by Crippen LogP contribution is 2.31. The minimum Gasteiger partial charge on any atom is -0.451 e. The Balaban J connectivity index is 1.66. The van der Waals surface area contributed by atoms with Gasteiger partial charge in [-0.3, -0.25) is 4.79 Å². The van der Waals surface area contributed by atoms with Gasteiger partial charge in [0.1, 0.15) is 11.1 Å². The Morgan fingerprint density at radius 2 is 1.92 bits per heavy atom. The molecule has 0 aliphatic carbocycles. The first-order chi connectivity index (χ1) is 12.1. The standard InChI is InChI=1S/C18H19N3O4/c1-11-7-13-9-15(25-14(13)8-12(11)2)16(22)20-18(3-5-23-6-4-18)17-19-10-24-21-17/h7-10H,3-6H2,1-2H3,(H,20,22). The number of carbonyl (C=O) groups excluding carboxylic acids is 1. The molecule has 7 heteroatoms. The van der Waals surface area contributed by atoms with Crippen LogP contribution in [0.3, 0.4) is 0 Å². The minimum absolute atomic E-state index is 0.273. The van der Waals surface area contributed by atoms with E-state index in [9.17, 15) is 4.79 Å². The first-order valence-electron chi connectivity index (χ1n) is 8.25. The summed E-state index contributed by atoms with van der Waals surface area (Å²) < 4.78 is 16.1. The Hall–Kier alpha value is -2.67. The highest BCUT2D eigenvalue weighted by Gasteiger charge is 2.40. The van der Waals surface area contributed by atoms with Gasteiger partial charge in [0.15, 0.2) is 11.6 Å². The number of furan rings is 1. The zero-order valence-electron chi connectivity index (χ0n) is 14.2. The molecule has 1 amide bonds. The molecule has 4 rings (SSSR count). The normalized spacial score (nSPS) is 16.9. The lowest BCUT2D eigenvalue weighted by Gasteiger charge is -2.34. The highest BCUT2D eigenvalue weighted by atomic mass is 16.5. The Morgan fingerprint density at radius 1 is 1.16 bits per heavy atom. The molecule has 0 bridgehead atoms. The molecule has 1 aromatic carbocycles. The third kappa shape index (κ3) is 2.80. The van der Waals surface area contributed by atoms with Gasteiger partial charge in [0.2, 0.25) is 6.39 Å². The summed E-state index contributed by atoms with van der Waals surface area (Å²) in [6.45, 7) is 5.10.